The highest BCUT2D eigenvalue weighted by molar-refractivity contribution is 6.43. The Labute approximate surface area is 183 Å². The average Bonchev–Trinajstić information content (AvgIpc) is 2.74. The number of rotatable bonds is 7. The molecule has 3 aromatic rings. The first-order valence-electron chi connectivity index (χ1n) is 8.54. The third-order valence-corrected chi connectivity index (χ3v) is 5.05. The highest BCUT2D eigenvalue weighted by Gasteiger charge is 2.10. The summed E-state index contributed by atoms with van der Waals surface area (Å²) in [5.41, 5.74) is 2.13. The summed E-state index contributed by atoms with van der Waals surface area (Å²) in [7, 11) is 1.58. The second-order valence-corrected chi connectivity index (χ2v) is 7.22. The van der Waals surface area contributed by atoms with Crippen LogP contribution in [0.4, 0.5) is 0 Å². The second kappa shape index (κ2) is 9.79. The molecule has 4 nitrogen and oxygen atoms in total. The zero-order chi connectivity index (χ0) is 20.8. The van der Waals surface area contributed by atoms with Crippen molar-refractivity contribution in [2.24, 2.45) is 0 Å². The van der Waals surface area contributed by atoms with Gasteiger partial charge in [-0.25, -0.2) is 0 Å². The number of carbonyl (C=O) groups excluding carboxylic acids is 1. The van der Waals surface area contributed by atoms with E-state index in [1.165, 1.54) is 18.3 Å². The Morgan fingerprint density at radius 1 is 1.03 bits per heavy atom. The van der Waals surface area contributed by atoms with Gasteiger partial charge in [0.25, 0.3) is 0 Å². The van der Waals surface area contributed by atoms with Gasteiger partial charge in [-0.15, -0.1) is 0 Å². The number of methoxy groups -OCH3 is 1. The van der Waals surface area contributed by atoms with Crippen LogP contribution in [0.3, 0.4) is 0 Å². The molecule has 0 aliphatic heterocycles. The van der Waals surface area contributed by atoms with E-state index in [1.807, 2.05) is 18.2 Å². The minimum Gasteiger partial charge on any atom is -0.496 e. The van der Waals surface area contributed by atoms with E-state index < -0.39 is 0 Å². The second-order valence-electron chi connectivity index (χ2n) is 6.00. The van der Waals surface area contributed by atoms with Gasteiger partial charge in [0.15, 0.2) is 5.78 Å². The standard InChI is InChI=1S/C22H16Cl3NO3/c1-28-21-7-5-14(4-6-20(27)15-3-2-8-26-12-15)9-16(21)13-29-22-11-18(24)17(23)10-19(22)25/h2-12H,13H2,1H3/b6-4+. The number of hydrogen-bond acceptors (Lipinski definition) is 4. The van der Waals surface area contributed by atoms with E-state index in [9.17, 15) is 4.79 Å². The first kappa shape index (κ1) is 21.2. The number of nitrogens with zero attached hydrogens (tertiary/aromatic N) is 1. The molecule has 2 aromatic carbocycles. The summed E-state index contributed by atoms with van der Waals surface area (Å²) < 4.78 is 11.2. The Kier molecular flexibility index (Phi) is 7.15. The zero-order valence-corrected chi connectivity index (χ0v) is 17.6. The number of hydrogen-bond donors (Lipinski definition) is 0. The van der Waals surface area contributed by atoms with Crippen molar-refractivity contribution in [2.45, 2.75) is 6.61 Å². The fourth-order valence-corrected chi connectivity index (χ4v) is 3.15. The van der Waals surface area contributed by atoms with E-state index in [2.05, 4.69) is 4.98 Å². The topological polar surface area (TPSA) is 48.4 Å². The van der Waals surface area contributed by atoms with E-state index in [1.54, 1.807) is 37.6 Å². The number of carbonyl (C=O) groups is 1. The van der Waals surface area contributed by atoms with Gasteiger partial charge in [-0.1, -0.05) is 46.9 Å². The summed E-state index contributed by atoms with van der Waals surface area (Å²) in [5, 5.41) is 1.06. The third kappa shape index (κ3) is 5.51. The molecule has 0 unspecified atom stereocenters. The molecule has 0 radical (unpaired) electrons. The summed E-state index contributed by atoms with van der Waals surface area (Å²) in [6.45, 7) is 0.194. The maximum Gasteiger partial charge on any atom is 0.187 e. The highest BCUT2D eigenvalue weighted by Crippen LogP contribution is 2.34. The van der Waals surface area contributed by atoms with Crippen LogP contribution in [0, 0.1) is 0 Å². The molecule has 0 saturated carbocycles. The van der Waals surface area contributed by atoms with Gasteiger partial charge in [-0.2, -0.15) is 0 Å². The van der Waals surface area contributed by atoms with Gasteiger partial charge in [0.2, 0.25) is 0 Å². The molecule has 29 heavy (non-hydrogen) atoms. The molecular weight excluding hydrogens is 433 g/mol. The van der Waals surface area contributed by atoms with E-state index >= 15 is 0 Å². The lowest BCUT2D eigenvalue weighted by molar-refractivity contribution is 0.104. The van der Waals surface area contributed by atoms with Crippen molar-refractivity contribution in [3.8, 4) is 11.5 Å². The third-order valence-electron chi connectivity index (χ3n) is 4.04. The van der Waals surface area contributed by atoms with Crippen molar-refractivity contribution in [3.63, 3.8) is 0 Å². The molecule has 3 rings (SSSR count). The fourth-order valence-electron chi connectivity index (χ4n) is 2.56. The Morgan fingerprint density at radius 2 is 1.83 bits per heavy atom. The number of halogens is 3. The van der Waals surface area contributed by atoms with Gasteiger partial charge < -0.3 is 9.47 Å². The first-order chi connectivity index (χ1) is 14.0. The lowest BCUT2D eigenvalue weighted by Gasteiger charge is -2.13. The number of allylic oxidation sites excluding steroid dienone is 1. The van der Waals surface area contributed by atoms with Crippen LogP contribution in [0.15, 0.2) is 60.9 Å². The molecular formula is C22H16Cl3NO3. The molecule has 0 aliphatic rings. The minimum atomic E-state index is -0.130. The maximum absolute atomic E-state index is 12.2. The number of benzene rings is 2. The van der Waals surface area contributed by atoms with Crippen molar-refractivity contribution in [2.75, 3.05) is 7.11 Å². The van der Waals surface area contributed by atoms with Crippen molar-refractivity contribution in [1.29, 1.82) is 0 Å². The number of pyridine rings is 1. The predicted molar refractivity (Wildman–Crippen MR) is 116 cm³/mol. The Morgan fingerprint density at radius 3 is 2.55 bits per heavy atom. The molecule has 0 saturated heterocycles. The molecule has 1 heterocycles. The number of ether oxygens (including phenoxy) is 2. The van der Waals surface area contributed by atoms with Gasteiger partial charge in [-0.3, -0.25) is 9.78 Å². The molecule has 0 bridgehead atoms. The highest BCUT2D eigenvalue weighted by atomic mass is 35.5. The van der Waals surface area contributed by atoms with Gasteiger partial charge >= 0.3 is 0 Å². The Bertz CT molecular complexity index is 1050. The first-order valence-corrected chi connectivity index (χ1v) is 9.68. The lowest BCUT2D eigenvalue weighted by Crippen LogP contribution is -2.00. The van der Waals surface area contributed by atoms with Gasteiger partial charge in [-0.05, 0) is 42.0 Å². The normalized spacial score (nSPS) is 10.9. The van der Waals surface area contributed by atoms with E-state index in [0.29, 0.717) is 32.1 Å². The number of ketones is 1. The zero-order valence-electron chi connectivity index (χ0n) is 15.4. The van der Waals surface area contributed by atoms with E-state index in [0.717, 1.165) is 11.1 Å². The van der Waals surface area contributed by atoms with Gasteiger partial charge in [0.1, 0.15) is 18.1 Å². The van der Waals surface area contributed by atoms with Crippen LogP contribution >= 0.6 is 34.8 Å². The van der Waals surface area contributed by atoms with Crippen LogP contribution in [0.2, 0.25) is 15.1 Å². The molecule has 7 heteroatoms. The molecule has 0 atom stereocenters. The van der Waals surface area contributed by atoms with E-state index in [4.69, 9.17) is 44.3 Å². The van der Waals surface area contributed by atoms with Crippen LogP contribution < -0.4 is 9.47 Å². The van der Waals surface area contributed by atoms with Crippen LogP contribution in [0.25, 0.3) is 6.08 Å². The molecule has 148 valence electrons. The largest absolute Gasteiger partial charge is 0.496 e. The quantitative estimate of drug-likeness (QED) is 0.234. The summed E-state index contributed by atoms with van der Waals surface area (Å²) in [4.78, 5) is 16.2. The molecule has 0 N–H and O–H groups in total. The van der Waals surface area contributed by atoms with Crippen molar-refractivity contribution < 1.29 is 14.3 Å². The molecule has 0 aliphatic carbocycles. The smallest absolute Gasteiger partial charge is 0.187 e. The van der Waals surface area contributed by atoms with Crippen LogP contribution in [0.5, 0.6) is 11.5 Å². The van der Waals surface area contributed by atoms with Crippen LogP contribution in [-0.4, -0.2) is 17.9 Å². The fraction of sp³-hybridized carbons (Fsp3) is 0.0909. The van der Waals surface area contributed by atoms with Crippen molar-refractivity contribution in [3.05, 3.63) is 92.7 Å². The molecule has 0 amide bonds. The van der Waals surface area contributed by atoms with Crippen LogP contribution in [0.1, 0.15) is 21.5 Å². The summed E-state index contributed by atoms with van der Waals surface area (Å²) in [6, 6.07) is 12.1. The Balaban J connectivity index is 1.78. The lowest BCUT2D eigenvalue weighted by atomic mass is 10.1. The minimum absolute atomic E-state index is 0.130. The molecule has 1 aromatic heterocycles. The summed E-state index contributed by atoms with van der Waals surface area (Å²) >= 11 is 18.1. The predicted octanol–water partition coefficient (Wildman–Crippen LogP) is 6.53. The van der Waals surface area contributed by atoms with Crippen LogP contribution in [-0.2, 0) is 6.61 Å². The maximum atomic E-state index is 12.2. The number of aromatic nitrogens is 1. The summed E-state index contributed by atoms with van der Waals surface area (Å²) in [5.74, 6) is 0.932. The molecule has 0 spiro atoms. The SMILES string of the molecule is COc1ccc(/C=C/C(=O)c2cccnc2)cc1COc1cc(Cl)c(Cl)cc1Cl. The average molecular weight is 449 g/mol. The van der Waals surface area contributed by atoms with Crippen molar-refractivity contribution >= 4 is 46.7 Å². The van der Waals surface area contributed by atoms with Gasteiger partial charge in [0.05, 0.1) is 22.2 Å². The van der Waals surface area contributed by atoms with E-state index in [-0.39, 0.29) is 12.4 Å². The summed E-state index contributed by atoms with van der Waals surface area (Å²) in [6.07, 6.45) is 6.38. The van der Waals surface area contributed by atoms with Gasteiger partial charge in [0, 0.05) is 29.6 Å². The molecule has 0 fully saturated rings. The van der Waals surface area contributed by atoms with Crippen molar-refractivity contribution in [1.82, 2.24) is 4.98 Å². The Hall–Kier alpha value is -2.53. The monoisotopic (exact) mass is 447 g/mol.